The molecule has 0 aliphatic rings. The molecule has 0 fully saturated rings. The van der Waals surface area contributed by atoms with Crippen LogP contribution in [-0.2, 0) is 4.74 Å². The summed E-state index contributed by atoms with van der Waals surface area (Å²) in [6.45, 7) is 0. The van der Waals surface area contributed by atoms with E-state index in [1.54, 1.807) is 0 Å². The number of methoxy groups -OCH3 is 2. The first-order valence-electron chi connectivity index (χ1n) is 3.75. The fourth-order valence-electron chi connectivity index (χ4n) is 1.05. The summed E-state index contributed by atoms with van der Waals surface area (Å²) >= 11 is 5.76. The highest BCUT2D eigenvalue weighted by atomic mass is 35.5. The molecule has 0 saturated heterocycles. The Labute approximate surface area is 86.0 Å². The first kappa shape index (κ1) is 10.7. The van der Waals surface area contributed by atoms with Gasteiger partial charge >= 0.3 is 5.97 Å². The molecule has 0 bridgehead atoms. The molecular formula is C9H9ClO4. The van der Waals surface area contributed by atoms with Crippen molar-refractivity contribution in [3.8, 4) is 11.5 Å². The van der Waals surface area contributed by atoms with Gasteiger partial charge in [0.1, 0.15) is 11.3 Å². The number of phenolic OH excluding ortho intramolecular Hbond substituents is 1. The average Bonchev–Trinajstić information content (AvgIpc) is 2.19. The normalized spacial score (nSPS) is 9.64. The highest BCUT2D eigenvalue weighted by molar-refractivity contribution is 6.32. The van der Waals surface area contributed by atoms with Gasteiger partial charge in [0, 0.05) is 0 Å². The van der Waals surface area contributed by atoms with Crippen molar-refractivity contribution in [1.29, 1.82) is 0 Å². The molecule has 1 aromatic rings. The zero-order valence-electron chi connectivity index (χ0n) is 7.70. The molecule has 76 valence electrons. The van der Waals surface area contributed by atoms with E-state index in [-0.39, 0.29) is 22.1 Å². The molecule has 1 rings (SSSR count). The van der Waals surface area contributed by atoms with Gasteiger partial charge in [0.25, 0.3) is 0 Å². The highest BCUT2D eigenvalue weighted by Crippen LogP contribution is 2.34. The molecule has 0 aliphatic heterocycles. The van der Waals surface area contributed by atoms with Crippen LogP contribution in [0, 0.1) is 0 Å². The number of carbonyl (C=O) groups excluding carboxylic acids is 1. The third-order valence-electron chi connectivity index (χ3n) is 1.68. The van der Waals surface area contributed by atoms with Gasteiger partial charge in [-0.2, -0.15) is 0 Å². The fourth-order valence-corrected chi connectivity index (χ4v) is 1.28. The van der Waals surface area contributed by atoms with Gasteiger partial charge in [-0.3, -0.25) is 0 Å². The van der Waals surface area contributed by atoms with Crippen molar-refractivity contribution in [3.63, 3.8) is 0 Å². The lowest BCUT2D eigenvalue weighted by Crippen LogP contribution is -2.04. The number of esters is 1. The Morgan fingerprint density at radius 2 is 2.07 bits per heavy atom. The van der Waals surface area contributed by atoms with Crippen molar-refractivity contribution in [2.75, 3.05) is 14.2 Å². The van der Waals surface area contributed by atoms with Crippen molar-refractivity contribution >= 4 is 17.6 Å². The van der Waals surface area contributed by atoms with Crippen molar-refractivity contribution in [3.05, 3.63) is 22.7 Å². The van der Waals surface area contributed by atoms with Crippen LogP contribution in [0.4, 0.5) is 0 Å². The van der Waals surface area contributed by atoms with E-state index in [1.165, 1.54) is 26.4 Å². The smallest absolute Gasteiger partial charge is 0.345 e. The predicted octanol–water partition coefficient (Wildman–Crippen LogP) is 1.84. The summed E-state index contributed by atoms with van der Waals surface area (Å²) in [5.74, 6) is -0.807. The summed E-state index contributed by atoms with van der Waals surface area (Å²) in [7, 11) is 2.56. The van der Waals surface area contributed by atoms with Crippen LogP contribution < -0.4 is 4.74 Å². The Bertz CT molecular complexity index is 362. The fraction of sp³-hybridized carbons (Fsp3) is 0.222. The Kier molecular flexibility index (Phi) is 3.19. The van der Waals surface area contributed by atoms with Crippen molar-refractivity contribution < 1.29 is 19.4 Å². The Morgan fingerprint density at radius 1 is 1.43 bits per heavy atom. The summed E-state index contributed by atoms with van der Waals surface area (Å²) in [6, 6.07) is 2.74. The SMILES string of the molecule is COC(=O)c1c(O)ccc(Cl)c1OC. The monoisotopic (exact) mass is 216 g/mol. The zero-order valence-corrected chi connectivity index (χ0v) is 8.46. The van der Waals surface area contributed by atoms with E-state index in [2.05, 4.69) is 4.74 Å². The van der Waals surface area contributed by atoms with Crippen LogP contribution in [0.5, 0.6) is 11.5 Å². The van der Waals surface area contributed by atoms with E-state index in [9.17, 15) is 9.90 Å². The predicted molar refractivity (Wildman–Crippen MR) is 51.0 cm³/mol. The molecule has 1 aromatic carbocycles. The second kappa shape index (κ2) is 4.19. The lowest BCUT2D eigenvalue weighted by Gasteiger charge is -2.09. The lowest BCUT2D eigenvalue weighted by molar-refractivity contribution is 0.0593. The van der Waals surface area contributed by atoms with Crippen molar-refractivity contribution in [2.24, 2.45) is 0 Å². The summed E-state index contributed by atoms with van der Waals surface area (Å²) < 4.78 is 9.36. The number of aromatic hydroxyl groups is 1. The van der Waals surface area contributed by atoms with Gasteiger partial charge < -0.3 is 14.6 Å². The standard InChI is InChI=1S/C9H9ClO4/c1-13-8-5(10)3-4-6(11)7(8)9(12)14-2/h3-4,11H,1-2H3. The maximum absolute atomic E-state index is 11.2. The van der Waals surface area contributed by atoms with Crippen LogP contribution in [0.2, 0.25) is 5.02 Å². The lowest BCUT2D eigenvalue weighted by atomic mass is 10.2. The van der Waals surface area contributed by atoms with Crippen LogP contribution in [0.15, 0.2) is 12.1 Å². The third kappa shape index (κ3) is 1.75. The molecule has 0 aromatic heterocycles. The van der Waals surface area contributed by atoms with E-state index in [0.29, 0.717) is 0 Å². The van der Waals surface area contributed by atoms with Crippen molar-refractivity contribution in [1.82, 2.24) is 0 Å². The number of benzene rings is 1. The Morgan fingerprint density at radius 3 is 2.57 bits per heavy atom. The average molecular weight is 217 g/mol. The zero-order chi connectivity index (χ0) is 10.7. The third-order valence-corrected chi connectivity index (χ3v) is 1.98. The minimum atomic E-state index is -0.693. The number of phenols is 1. The van der Waals surface area contributed by atoms with Crippen LogP contribution in [0.25, 0.3) is 0 Å². The number of carbonyl (C=O) groups is 1. The van der Waals surface area contributed by atoms with Gasteiger partial charge in [-0.1, -0.05) is 11.6 Å². The van der Waals surface area contributed by atoms with E-state index in [0.717, 1.165) is 0 Å². The minimum absolute atomic E-state index is 0.0671. The first-order chi connectivity index (χ1) is 6.61. The molecule has 0 aliphatic carbocycles. The molecular weight excluding hydrogens is 208 g/mol. The molecule has 5 heteroatoms. The van der Waals surface area contributed by atoms with Gasteiger partial charge in [-0.05, 0) is 12.1 Å². The maximum atomic E-state index is 11.2. The van der Waals surface area contributed by atoms with Gasteiger partial charge in [0.2, 0.25) is 0 Å². The second-order valence-electron chi connectivity index (χ2n) is 2.47. The summed E-state index contributed by atoms with van der Waals surface area (Å²) in [5, 5.41) is 9.65. The number of ether oxygens (including phenoxy) is 2. The Hall–Kier alpha value is -1.42. The number of hydrogen-bond acceptors (Lipinski definition) is 4. The summed E-state index contributed by atoms with van der Waals surface area (Å²) in [4.78, 5) is 11.2. The van der Waals surface area contributed by atoms with Crippen LogP contribution >= 0.6 is 11.6 Å². The molecule has 0 radical (unpaired) electrons. The van der Waals surface area contributed by atoms with Crippen LogP contribution in [-0.4, -0.2) is 25.3 Å². The number of halogens is 1. The molecule has 14 heavy (non-hydrogen) atoms. The quantitative estimate of drug-likeness (QED) is 0.767. The van der Waals surface area contributed by atoms with Crippen LogP contribution in [0.1, 0.15) is 10.4 Å². The van der Waals surface area contributed by atoms with Crippen LogP contribution in [0.3, 0.4) is 0 Å². The molecule has 0 spiro atoms. The minimum Gasteiger partial charge on any atom is -0.507 e. The van der Waals surface area contributed by atoms with Gasteiger partial charge in [0.15, 0.2) is 5.75 Å². The van der Waals surface area contributed by atoms with Gasteiger partial charge in [0.05, 0.1) is 19.2 Å². The summed E-state index contributed by atoms with van der Waals surface area (Å²) in [5.41, 5.74) is -0.0671. The first-order valence-corrected chi connectivity index (χ1v) is 4.13. The summed E-state index contributed by atoms with van der Waals surface area (Å²) in [6.07, 6.45) is 0. The Balaban J connectivity index is 3.37. The maximum Gasteiger partial charge on any atom is 0.345 e. The molecule has 0 heterocycles. The van der Waals surface area contributed by atoms with Gasteiger partial charge in [-0.15, -0.1) is 0 Å². The van der Waals surface area contributed by atoms with Gasteiger partial charge in [-0.25, -0.2) is 4.79 Å². The number of hydrogen-bond donors (Lipinski definition) is 1. The molecule has 0 unspecified atom stereocenters. The second-order valence-corrected chi connectivity index (χ2v) is 2.87. The number of rotatable bonds is 2. The highest BCUT2D eigenvalue weighted by Gasteiger charge is 2.20. The van der Waals surface area contributed by atoms with E-state index >= 15 is 0 Å². The molecule has 1 N–H and O–H groups in total. The van der Waals surface area contributed by atoms with E-state index in [4.69, 9.17) is 16.3 Å². The largest absolute Gasteiger partial charge is 0.507 e. The topological polar surface area (TPSA) is 55.8 Å². The van der Waals surface area contributed by atoms with E-state index in [1.807, 2.05) is 0 Å². The molecule has 4 nitrogen and oxygen atoms in total. The molecule has 0 atom stereocenters. The molecule has 0 saturated carbocycles. The van der Waals surface area contributed by atoms with E-state index < -0.39 is 5.97 Å². The molecule has 0 amide bonds. The van der Waals surface area contributed by atoms with Crippen molar-refractivity contribution in [2.45, 2.75) is 0 Å².